The monoisotopic (exact) mass is 405 g/mol. The number of aliphatic carboxylic acids is 1. The number of aryl methyl sites for hydroxylation is 1. The van der Waals surface area contributed by atoms with Crippen molar-refractivity contribution in [1.29, 1.82) is 0 Å². The standard InChI is InChI=1S/C21H28ClN3O3/c1-3-5-11-19-23-16(12-18(21(27)28)24-20(26)8-4-2)14-25(19)13-15-9-6-7-10-17(15)22/h6-7,9-10,14,18H,3-5,8,11-13H2,1-2H3,(H,24,26)(H,27,28). The molecule has 7 heteroatoms. The summed E-state index contributed by atoms with van der Waals surface area (Å²) in [6.07, 6.45) is 5.85. The summed E-state index contributed by atoms with van der Waals surface area (Å²) in [5.41, 5.74) is 1.64. The van der Waals surface area contributed by atoms with Gasteiger partial charge in [-0.25, -0.2) is 9.78 Å². The van der Waals surface area contributed by atoms with Crippen molar-refractivity contribution in [2.45, 2.75) is 65.0 Å². The van der Waals surface area contributed by atoms with E-state index in [-0.39, 0.29) is 12.3 Å². The minimum Gasteiger partial charge on any atom is -0.480 e. The van der Waals surface area contributed by atoms with Gasteiger partial charge in [0.15, 0.2) is 0 Å². The largest absolute Gasteiger partial charge is 0.480 e. The number of nitrogens with zero attached hydrogens (tertiary/aromatic N) is 2. The van der Waals surface area contributed by atoms with Gasteiger partial charge < -0.3 is 15.0 Å². The van der Waals surface area contributed by atoms with Gasteiger partial charge in [-0.15, -0.1) is 0 Å². The Bertz CT molecular complexity index is 804. The molecular formula is C21H28ClN3O3. The fourth-order valence-corrected chi connectivity index (χ4v) is 3.19. The third-order valence-electron chi connectivity index (χ3n) is 4.49. The van der Waals surface area contributed by atoms with E-state index in [0.717, 1.165) is 30.7 Å². The van der Waals surface area contributed by atoms with Gasteiger partial charge in [0, 0.05) is 30.5 Å². The lowest BCUT2D eigenvalue weighted by atomic mass is 10.1. The minimum atomic E-state index is -1.06. The van der Waals surface area contributed by atoms with Crippen molar-refractivity contribution in [3.8, 4) is 0 Å². The number of hydrogen-bond acceptors (Lipinski definition) is 3. The first-order valence-corrected chi connectivity index (χ1v) is 10.1. The van der Waals surface area contributed by atoms with Crippen LogP contribution < -0.4 is 5.32 Å². The molecule has 1 aromatic heterocycles. The number of unbranched alkanes of at least 4 members (excludes halogenated alkanes) is 1. The van der Waals surface area contributed by atoms with Gasteiger partial charge >= 0.3 is 5.97 Å². The van der Waals surface area contributed by atoms with Crippen LogP contribution in [-0.2, 0) is 29.0 Å². The molecule has 0 saturated carbocycles. The Morgan fingerprint density at radius 3 is 2.64 bits per heavy atom. The molecule has 0 aliphatic rings. The van der Waals surface area contributed by atoms with Crippen LogP contribution in [0.4, 0.5) is 0 Å². The van der Waals surface area contributed by atoms with Crippen LogP contribution in [0.1, 0.15) is 56.6 Å². The molecule has 1 heterocycles. The summed E-state index contributed by atoms with van der Waals surface area (Å²) < 4.78 is 2.03. The van der Waals surface area contributed by atoms with Gasteiger partial charge in [0.25, 0.3) is 0 Å². The number of halogens is 1. The van der Waals surface area contributed by atoms with Crippen LogP contribution in [0.5, 0.6) is 0 Å². The Hall–Kier alpha value is -2.34. The summed E-state index contributed by atoms with van der Waals surface area (Å²) in [5.74, 6) is -0.405. The Labute approximate surface area is 170 Å². The van der Waals surface area contributed by atoms with Crippen LogP contribution >= 0.6 is 11.6 Å². The first-order chi connectivity index (χ1) is 13.4. The highest BCUT2D eigenvalue weighted by Gasteiger charge is 2.22. The molecule has 0 fully saturated rings. The summed E-state index contributed by atoms with van der Waals surface area (Å²) in [6.45, 7) is 4.57. The third-order valence-corrected chi connectivity index (χ3v) is 4.85. The summed E-state index contributed by atoms with van der Waals surface area (Å²) in [5, 5.41) is 12.8. The summed E-state index contributed by atoms with van der Waals surface area (Å²) >= 11 is 6.29. The predicted molar refractivity (Wildman–Crippen MR) is 110 cm³/mol. The Morgan fingerprint density at radius 2 is 2.00 bits per heavy atom. The number of carboxylic acids is 1. The van der Waals surface area contributed by atoms with E-state index in [1.54, 1.807) is 0 Å². The van der Waals surface area contributed by atoms with Crippen molar-refractivity contribution in [3.05, 3.63) is 52.6 Å². The molecule has 0 spiro atoms. The maximum atomic E-state index is 11.8. The quantitative estimate of drug-likeness (QED) is 0.594. The maximum absolute atomic E-state index is 11.8. The Balaban J connectivity index is 2.21. The fourth-order valence-electron chi connectivity index (χ4n) is 3.00. The minimum absolute atomic E-state index is 0.152. The topological polar surface area (TPSA) is 84.2 Å². The second-order valence-electron chi connectivity index (χ2n) is 6.88. The number of benzene rings is 1. The summed E-state index contributed by atoms with van der Waals surface area (Å²) in [6, 6.07) is 6.66. The zero-order valence-corrected chi connectivity index (χ0v) is 17.2. The molecule has 0 saturated heterocycles. The average Bonchev–Trinajstić information content (AvgIpc) is 3.02. The van der Waals surface area contributed by atoms with Crippen molar-refractivity contribution in [1.82, 2.24) is 14.9 Å². The van der Waals surface area contributed by atoms with E-state index in [1.807, 2.05) is 42.0 Å². The molecule has 0 bridgehead atoms. The number of rotatable bonds is 11. The number of amides is 1. The normalized spacial score (nSPS) is 12.0. The van der Waals surface area contributed by atoms with Crippen molar-refractivity contribution in [3.63, 3.8) is 0 Å². The van der Waals surface area contributed by atoms with Crippen LogP contribution in [-0.4, -0.2) is 32.6 Å². The molecule has 1 amide bonds. The van der Waals surface area contributed by atoms with E-state index in [2.05, 4.69) is 17.2 Å². The van der Waals surface area contributed by atoms with E-state index in [9.17, 15) is 14.7 Å². The highest BCUT2D eigenvalue weighted by atomic mass is 35.5. The first kappa shape index (κ1) is 22.0. The van der Waals surface area contributed by atoms with Gasteiger partial charge in [-0.1, -0.05) is 50.1 Å². The molecule has 28 heavy (non-hydrogen) atoms. The lowest BCUT2D eigenvalue weighted by molar-refractivity contribution is -0.141. The van der Waals surface area contributed by atoms with E-state index in [1.165, 1.54) is 0 Å². The van der Waals surface area contributed by atoms with Crippen molar-refractivity contribution in [2.75, 3.05) is 0 Å². The molecule has 0 aliphatic carbocycles. The molecule has 2 N–H and O–H groups in total. The van der Waals surface area contributed by atoms with Gasteiger partial charge in [0.05, 0.1) is 12.2 Å². The van der Waals surface area contributed by atoms with Gasteiger partial charge in [0.2, 0.25) is 5.91 Å². The molecule has 2 rings (SSSR count). The molecular weight excluding hydrogens is 378 g/mol. The first-order valence-electron chi connectivity index (χ1n) is 9.75. The molecule has 6 nitrogen and oxygen atoms in total. The zero-order chi connectivity index (χ0) is 20.5. The highest BCUT2D eigenvalue weighted by Crippen LogP contribution is 2.19. The van der Waals surface area contributed by atoms with Gasteiger partial charge in [-0.3, -0.25) is 4.79 Å². The number of carbonyl (C=O) groups excluding carboxylic acids is 1. The van der Waals surface area contributed by atoms with Gasteiger partial charge in [0.1, 0.15) is 11.9 Å². The van der Waals surface area contributed by atoms with Crippen LogP contribution in [0.2, 0.25) is 5.02 Å². The number of carboxylic acid groups (broad SMARTS) is 1. The van der Waals surface area contributed by atoms with Crippen molar-refractivity contribution in [2.24, 2.45) is 0 Å². The molecule has 1 unspecified atom stereocenters. The molecule has 1 aromatic carbocycles. The number of imidazole rings is 1. The van der Waals surface area contributed by atoms with Crippen molar-refractivity contribution < 1.29 is 14.7 Å². The van der Waals surface area contributed by atoms with Crippen LogP contribution in [0, 0.1) is 0 Å². The lowest BCUT2D eigenvalue weighted by Gasteiger charge is -2.13. The van der Waals surface area contributed by atoms with Crippen LogP contribution in [0.3, 0.4) is 0 Å². The lowest BCUT2D eigenvalue weighted by Crippen LogP contribution is -2.42. The van der Waals surface area contributed by atoms with Crippen molar-refractivity contribution >= 4 is 23.5 Å². The zero-order valence-electron chi connectivity index (χ0n) is 16.4. The maximum Gasteiger partial charge on any atom is 0.326 e. The van der Waals surface area contributed by atoms with Crippen LogP contribution in [0.15, 0.2) is 30.5 Å². The van der Waals surface area contributed by atoms with E-state index >= 15 is 0 Å². The van der Waals surface area contributed by atoms with E-state index < -0.39 is 12.0 Å². The smallest absolute Gasteiger partial charge is 0.326 e. The van der Waals surface area contributed by atoms with E-state index in [0.29, 0.717) is 30.1 Å². The molecule has 152 valence electrons. The third kappa shape index (κ3) is 6.37. The number of aromatic nitrogens is 2. The fraction of sp³-hybridized carbons (Fsp3) is 0.476. The summed E-state index contributed by atoms with van der Waals surface area (Å²) in [4.78, 5) is 28.1. The van der Waals surface area contributed by atoms with Gasteiger partial charge in [-0.2, -0.15) is 0 Å². The molecule has 0 aliphatic heterocycles. The van der Waals surface area contributed by atoms with E-state index in [4.69, 9.17) is 11.6 Å². The average molecular weight is 406 g/mol. The van der Waals surface area contributed by atoms with Gasteiger partial charge in [-0.05, 0) is 24.5 Å². The molecule has 0 radical (unpaired) electrons. The Morgan fingerprint density at radius 1 is 1.25 bits per heavy atom. The van der Waals surface area contributed by atoms with Crippen LogP contribution in [0.25, 0.3) is 0 Å². The number of nitrogens with one attached hydrogen (secondary N) is 1. The summed E-state index contributed by atoms with van der Waals surface area (Å²) in [7, 11) is 0. The molecule has 2 aromatic rings. The highest BCUT2D eigenvalue weighted by molar-refractivity contribution is 6.31. The molecule has 1 atom stereocenters. The SMILES string of the molecule is CCCCc1nc(CC(NC(=O)CCC)C(=O)O)cn1Cc1ccccc1Cl. The Kier molecular flexibility index (Phi) is 8.51. The second kappa shape index (κ2) is 10.9. The number of hydrogen-bond donors (Lipinski definition) is 2. The number of carbonyl (C=O) groups is 2. The predicted octanol–water partition coefficient (Wildman–Crippen LogP) is 3.84. The second-order valence-corrected chi connectivity index (χ2v) is 7.29.